The van der Waals surface area contributed by atoms with E-state index in [0.29, 0.717) is 6.54 Å². The normalized spacial score (nSPS) is 24.3. The number of halogens is 1. The van der Waals surface area contributed by atoms with Gasteiger partial charge in [-0.3, -0.25) is 10.1 Å². The monoisotopic (exact) mass is 326 g/mol. The molecule has 3 N–H and O–H groups in total. The smallest absolute Gasteiger partial charge is 0.239 e. The number of primary amides is 1. The third-order valence-electron chi connectivity index (χ3n) is 3.45. The van der Waals surface area contributed by atoms with Gasteiger partial charge >= 0.3 is 0 Å². The molecule has 4 nitrogen and oxygen atoms in total. The Balaban J connectivity index is 2.06. The quantitative estimate of drug-likeness (QED) is 0.871. The van der Waals surface area contributed by atoms with Gasteiger partial charge in [-0.2, -0.15) is 0 Å². The van der Waals surface area contributed by atoms with Crippen LogP contribution in [0.1, 0.15) is 31.4 Å². The second kappa shape index (κ2) is 6.03. The van der Waals surface area contributed by atoms with E-state index in [0.717, 1.165) is 29.5 Å². The van der Waals surface area contributed by atoms with Gasteiger partial charge in [0, 0.05) is 17.6 Å². The Hall–Kier alpha value is -0.910. The standard InChI is InChI=1S/C14H19BrN2O2/c1-14(6-3-7-19-14)9-17-12(13(16)18)10-4-2-5-11(15)8-10/h2,4-5,8,12,17H,3,6-7,9H2,1H3,(H2,16,18)/t12-,14+/m1/s1. The zero-order valence-corrected chi connectivity index (χ0v) is 12.6. The summed E-state index contributed by atoms with van der Waals surface area (Å²) in [6, 6.07) is 7.12. The summed E-state index contributed by atoms with van der Waals surface area (Å²) in [6.45, 7) is 3.47. The molecule has 1 heterocycles. The van der Waals surface area contributed by atoms with E-state index in [4.69, 9.17) is 10.5 Å². The van der Waals surface area contributed by atoms with Gasteiger partial charge in [0.15, 0.2) is 0 Å². The number of ether oxygens (including phenoxy) is 1. The van der Waals surface area contributed by atoms with Crippen LogP contribution in [0.5, 0.6) is 0 Å². The molecule has 1 aliphatic heterocycles. The van der Waals surface area contributed by atoms with Crippen molar-refractivity contribution in [2.45, 2.75) is 31.4 Å². The lowest BCUT2D eigenvalue weighted by Gasteiger charge is -2.26. The van der Waals surface area contributed by atoms with Crippen molar-refractivity contribution in [3.8, 4) is 0 Å². The number of hydrogen-bond donors (Lipinski definition) is 2. The molecule has 1 amide bonds. The van der Waals surface area contributed by atoms with Gasteiger partial charge < -0.3 is 10.5 Å². The number of hydrogen-bond acceptors (Lipinski definition) is 3. The van der Waals surface area contributed by atoms with E-state index in [9.17, 15) is 4.79 Å². The molecule has 1 aromatic rings. The van der Waals surface area contributed by atoms with Crippen molar-refractivity contribution in [1.29, 1.82) is 0 Å². The summed E-state index contributed by atoms with van der Waals surface area (Å²) < 4.78 is 6.64. The third kappa shape index (κ3) is 3.78. The lowest BCUT2D eigenvalue weighted by atomic mass is 10.0. The first-order valence-electron chi connectivity index (χ1n) is 6.42. The van der Waals surface area contributed by atoms with E-state index in [1.807, 2.05) is 24.3 Å². The van der Waals surface area contributed by atoms with Crippen LogP contribution < -0.4 is 11.1 Å². The fourth-order valence-corrected chi connectivity index (χ4v) is 2.78. The van der Waals surface area contributed by atoms with Crippen LogP contribution in [-0.4, -0.2) is 24.7 Å². The Morgan fingerprint density at radius 2 is 2.42 bits per heavy atom. The number of nitrogens with one attached hydrogen (secondary N) is 1. The highest BCUT2D eigenvalue weighted by Crippen LogP contribution is 2.25. The molecule has 104 valence electrons. The summed E-state index contributed by atoms with van der Waals surface area (Å²) in [5.74, 6) is -0.375. The molecule has 0 radical (unpaired) electrons. The Morgan fingerprint density at radius 1 is 1.63 bits per heavy atom. The fourth-order valence-electron chi connectivity index (χ4n) is 2.36. The molecule has 0 spiro atoms. The zero-order chi connectivity index (χ0) is 13.9. The highest BCUT2D eigenvalue weighted by Gasteiger charge is 2.31. The largest absolute Gasteiger partial charge is 0.374 e. The maximum atomic E-state index is 11.6. The summed E-state index contributed by atoms with van der Waals surface area (Å²) in [6.07, 6.45) is 2.07. The van der Waals surface area contributed by atoms with Gasteiger partial charge in [0.1, 0.15) is 6.04 Å². The predicted molar refractivity (Wildman–Crippen MR) is 77.7 cm³/mol. The topological polar surface area (TPSA) is 64.3 Å². The van der Waals surface area contributed by atoms with Crippen molar-refractivity contribution in [1.82, 2.24) is 5.32 Å². The lowest BCUT2D eigenvalue weighted by molar-refractivity contribution is -0.120. The molecule has 0 unspecified atom stereocenters. The Kier molecular flexibility index (Phi) is 4.60. The maximum Gasteiger partial charge on any atom is 0.239 e. The maximum absolute atomic E-state index is 11.6. The minimum Gasteiger partial charge on any atom is -0.374 e. The zero-order valence-electron chi connectivity index (χ0n) is 11.0. The van der Waals surface area contributed by atoms with E-state index in [1.165, 1.54) is 0 Å². The first-order valence-corrected chi connectivity index (χ1v) is 7.22. The number of carbonyl (C=O) groups is 1. The fraction of sp³-hybridized carbons (Fsp3) is 0.500. The molecular weight excluding hydrogens is 308 g/mol. The van der Waals surface area contributed by atoms with Crippen LogP contribution >= 0.6 is 15.9 Å². The molecule has 19 heavy (non-hydrogen) atoms. The molecule has 0 saturated carbocycles. The molecule has 1 fully saturated rings. The Morgan fingerprint density at radius 3 is 3.00 bits per heavy atom. The van der Waals surface area contributed by atoms with Crippen molar-refractivity contribution in [3.63, 3.8) is 0 Å². The summed E-state index contributed by atoms with van der Waals surface area (Å²) in [5, 5.41) is 3.22. The summed E-state index contributed by atoms with van der Waals surface area (Å²) in [7, 11) is 0. The molecule has 2 rings (SSSR count). The average molecular weight is 327 g/mol. The van der Waals surface area contributed by atoms with Crippen LogP contribution in [0.3, 0.4) is 0 Å². The second-order valence-corrected chi connectivity index (χ2v) is 6.09. The van der Waals surface area contributed by atoms with Gasteiger partial charge in [-0.1, -0.05) is 28.1 Å². The van der Waals surface area contributed by atoms with Crippen LogP contribution in [0.2, 0.25) is 0 Å². The van der Waals surface area contributed by atoms with Crippen molar-refractivity contribution >= 4 is 21.8 Å². The van der Waals surface area contributed by atoms with Gasteiger partial charge in [0.05, 0.1) is 5.60 Å². The second-order valence-electron chi connectivity index (χ2n) is 5.17. The number of nitrogens with two attached hydrogens (primary N) is 1. The van der Waals surface area contributed by atoms with E-state index in [-0.39, 0.29) is 11.5 Å². The molecule has 5 heteroatoms. The first-order chi connectivity index (χ1) is 9.00. The third-order valence-corrected chi connectivity index (χ3v) is 3.94. The molecule has 1 aromatic carbocycles. The molecule has 1 aliphatic rings. The molecule has 2 atom stereocenters. The van der Waals surface area contributed by atoms with Gasteiger partial charge in [-0.05, 0) is 37.5 Å². The number of benzene rings is 1. The van der Waals surface area contributed by atoms with E-state index >= 15 is 0 Å². The minimum absolute atomic E-state index is 0.195. The Labute approximate surface area is 121 Å². The van der Waals surface area contributed by atoms with Crippen molar-refractivity contribution in [3.05, 3.63) is 34.3 Å². The number of carbonyl (C=O) groups excluding carboxylic acids is 1. The van der Waals surface area contributed by atoms with Crippen LogP contribution in [0, 0.1) is 0 Å². The lowest BCUT2D eigenvalue weighted by Crippen LogP contribution is -2.43. The first kappa shape index (κ1) is 14.5. The van der Waals surface area contributed by atoms with Crippen molar-refractivity contribution < 1.29 is 9.53 Å². The van der Waals surface area contributed by atoms with Crippen molar-refractivity contribution in [2.75, 3.05) is 13.2 Å². The van der Waals surface area contributed by atoms with Gasteiger partial charge in [0.25, 0.3) is 0 Å². The van der Waals surface area contributed by atoms with Crippen LogP contribution in [0.25, 0.3) is 0 Å². The average Bonchev–Trinajstić information content (AvgIpc) is 2.76. The van der Waals surface area contributed by atoms with Crippen LogP contribution in [0.4, 0.5) is 0 Å². The van der Waals surface area contributed by atoms with E-state index < -0.39 is 6.04 Å². The van der Waals surface area contributed by atoms with E-state index in [1.54, 1.807) is 0 Å². The van der Waals surface area contributed by atoms with Crippen LogP contribution in [0.15, 0.2) is 28.7 Å². The van der Waals surface area contributed by atoms with E-state index in [2.05, 4.69) is 28.2 Å². The molecule has 0 bridgehead atoms. The van der Waals surface area contributed by atoms with Crippen LogP contribution in [-0.2, 0) is 9.53 Å². The summed E-state index contributed by atoms with van der Waals surface area (Å²) >= 11 is 3.40. The summed E-state index contributed by atoms with van der Waals surface area (Å²) in [4.78, 5) is 11.6. The van der Waals surface area contributed by atoms with Gasteiger partial charge in [-0.15, -0.1) is 0 Å². The molecular formula is C14H19BrN2O2. The molecule has 0 aliphatic carbocycles. The summed E-state index contributed by atoms with van der Waals surface area (Å²) in [5.41, 5.74) is 6.16. The van der Waals surface area contributed by atoms with Gasteiger partial charge in [-0.25, -0.2) is 0 Å². The predicted octanol–water partition coefficient (Wildman–Crippen LogP) is 2.13. The molecule has 1 saturated heterocycles. The SMILES string of the molecule is C[C@@]1(CN[C@@H](C(N)=O)c2cccc(Br)c2)CCCO1. The highest BCUT2D eigenvalue weighted by molar-refractivity contribution is 9.10. The Bertz CT molecular complexity index is 459. The number of rotatable bonds is 5. The minimum atomic E-state index is -0.487. The van der Waals surface area contributed by atoms with Gasteiger partial charge in [0.2, 0.25) is 5.91 Å². The van der Waals surface area contributed by atoms with Crippen molar-refractivity contribution in [2.24, 2.45) is 5.73 Å². The highest BCUT2D eigenvalue weighted by atomic mass is 79.9. The molecule has 0 aromatic heterocycles. The number of amides is 1.